The minimum absolute atomic E-state index is 0.147. The molecule has 0 saturated heterocycles. The maximum Gasteiger partial charge on any atom is 0.263 e. The van der Waals surface area contributed by atoms with Gasteiger partial charge in [-0.15, -0.1) is 16.4 Å². The van der Waals surface area contributed by atoms with Crippen LogP contribution in [0.1, 0.15) is 16.1 Å². The first kappa shape index (κ1) is 12.7. The van der Waals surface area contributed by atoms with Gasteiger partial charge in [0.1, 0.15) is 9.71 Å². The second kappa shape index (κ2) is 5.74. The van der Waals surface area contributed by atoms with Crippen LogP contribution in [0, 0.1) is 0 Å². The number of hydrogen-bond acceptors (Lipinski definition) is 6. The maximum absolute atomic E-state index is 11.9. The number of nitrogens with two attached hydrogens (primary N) is 1. The summed E-state index contributed by atoms with van der Waals surface area (Å²) in [4.78, 5) is 13.1. The molecule has 6 nitrogen and oxygen atoms in total. The molecule has 18 heavy (non-hydrogen) atoms. The first-order valence-corrected chi connectivity index (χ1v) is 6.48. The molecule has 4 N–H and O–H groups in total. The Hall–Kier alpha value is -1.73. The van der Waals surface area contributed by atoms with Crippen molar-refractivity contribution in [3.63, 3.8) is 0 Å². The first-order chi connectivity index (χ1) is 8.74. The number of nitrogens with one attached hydrogen (secondary N) is 2. The van der Waals surface area contributed by atoms with E-state index < -0.39 is 0 Å². The third-order valence-electron chi connectivity index (χ3n) is 2.52. The summed E-state index contributed by atoms with van der Waals surface area (Å²) in [6.07, 6.45) is 2.45. The highest BCUT2D eigenvalue weighted by molar-refractivity contribution is 7.21. The summed E-state index contributed by atoms with van der Waals surface area (Å²) in [5.41, 5.74) is 6.42. The van der Waals surface area contributed by atoms with E-state index in [1.807, 2.05) is 7.05 Å². The van der Waals surface area contributed by atoms with Gasteiger partial charge in [0.25, 0.3) is 5.91 Å². The summed E-state index contributed by atoms with van der Waals surface area (Å²) in [6, 6.07) is 1.77. The molecule has 0 spiro atoms. The Labute approximate surface area is 109 Å². The van der Waals surface area contributed by atoms with Gasteiger partial charge >= 0.3 is 0 Å². The summed E-state index contributed by atoms with van der Waals surface area (Å²) in [5.74, 6) is -0.147. The molecule has 7 heteroatoms. The average Bonchev–Trinajstić information content (AvgIpc) is 2.73. The van der Waals surface area contributed by atoms with Crippen LogP contribution in [0.25, 0.3) is 10.2 Å². The van der Waals surface area contributed by atoms with Crippen molar-refractivity contribution in [2.75, 3.05) is 25.9 Å². The fourth-order valence-electron chi connectivity index (χ4n) is 1.59. The van der Waals surface area contributed by atoms with Gasteiger partial charge in [-0.3, -0.25) is 4.79 Å². The minimum Gasteiger partial charge on any atom is -0.397 e. The molecule has 2 rings (SSSR count). The number of nitrogen functional groups attached to an aromatic ring is 1. The number of anilines is 1. The Bertz CT molecular complexity index is 553. The maximum atomic E-state index is 11.9. The van der Waals surface area contributed by atoms with E-state index in [1.165, 1.54) is 11.3 Å². The number of rotatable bonds is 5. The number of nitrogens with zero attached hydrogens (tertiary/aromatic N) is 2. The molecular weight excluding hydrogens is 250 g/mol. The number of carbonyl (C=O) groups is 1. The standard InChI is InChI=1S/C11H15N5OS/c1-13-4-2-5-14-10(17)9-8(12)7-3-6-15-16-11(7)18-9/h3,6,13H,2,4-5,12H2,1H3,(H,14,17). The Morgan fingerprint density at radius 3 is 3.06 bits per heavy atom. The molecule has 96 valence electrons. The van der Waals surface area contributed by atoms with E-state index in [1.54, 1.807) is 12.3 Å². The molecule has 0 fully saturated rings. The molecule has 0 unspecified atom stereocenters. The van der Waals surface area contributed by atoms with Crippen LogP contribution in [-0.4, -0.2) is 36.2 Å². The minimum atomic E-state index is -0.147. The van der Waals surface area contributed by atoms with Crippen molar-refractivity contribution in [3.05, 3.63) is 17.1 Å². The predicted molar refractivity (Wildman–Crippen MR) is 72.7 cm³/mol. The van der Waals surface area contributed by atoms with Crippen molar-refractivity contribution in [2.45, 2.75) is 6.42 Å². The lowest BCUT2D eigenvalue weighted by Gasteiger charge is -2.03. The van der Waals surface area contributed by atoms with E-state index in [4.69, 9.17) is 5.73 Å². The molecule has 0 saturated carbocycles. The molecule has 2 heterocycles. The second-order valence-corrected chi connectivity index (χ2v) is 4.81. The molecule has 1 amide bonds. The Balaban J connectivity index is 2.10. The summed E-state index contributed by atoms with van der Waals surface area (Å²) in [6.45, 7) is 1.49. The third-order valence-corrected chi connectivity index (χ3v) is 3.62. The number of thiophene rings is 1. The number of amides is 1. The Morgan fingerprint density at radius 2 is 2.33 bits per heavy atom. The fraction of sp³-hybridized carbons (Fsp3) is 0.364. The molecule has 0 atom stereocenters. The average molecular weight is 265 g/mol. The molecule has 0 bridgehead atoms. The van der Waals surface area contributed by atoms with E-state index in [9.17, 15) is 4.79 Å². The van der Waals surface area contributed by atoms with Crippen molar-refractivity contribution < 1.29 is 4.79 Å². The fourth-order valence-corrected chi connectivity index (χ4v) is 2.54. The smallest absolute Gasteiger partial charge is 0.263 e. The summed E-state index contributed by atoms with van der Waals surface area (Å²) in [7, 11) is 1.88. The van der Waals surface area contributed by atoms with Crippen molar-refractivity contribution in [1.29, 1.82) is 0 Å². The largest absolute Gasteiger partial charge is 0.397 e. The Morgan fingerprint density at radius 1 is 1.50 bits per heavy atom. The monoisotopic (exact) mass is 265 g/mol. The highest BCUT2D eigenvalue weighted by Gasteiger charge is 2.16. The van der Waals surface area contributed by atoms with Crippen molar-refractivity contribution in [2.24, 2.45) is 0 Å². The van der Waals surface area contributed by atoms with Gasteiger partial charge in [-0.05, 0) is 26.1 Å². The van der Waals surface area contributed by atoms with Crippen LogP contribution < -0.4 is 16.4 Å². The molecule has 2 aromatic heterocycles. The van der Waals surface area contributed by atoms with E-state index in [0.717, 1.165) is 18.4 Å². The highest BCUT2D eigenvalue weighted by Crippen LogP contribution is 2.31. The van der Waals surface area contributed by atoms with Crippen LogP contribution in [0.5, 0.6) is 0 Å². The highest BCUT2D eigenvalue weighted by atomic mass is 32.1. The van der Waals surface area contributed by atoms with Crippen LogP contribution in [-0.2, 0) is 0 Å². The van der Waals surface area contributed by atoms with Crippen LogP contribution in [0.4, 0.5) is 5.69 Å². The van der Waals surface area contributed by atoms with E-state index >= 15 is 0 Å². The number of hydrogen-bond donors (Lipinski definition) is 3. The predicted octanol–water partition coefficient (Wildman–Crippen LogP) is 0.613. The summed E-state index contributed by atoms with van der Waals surface area (Å²) in [5, 5.41) is 14.4. The molecule has 0 aliphatic rings. The SMILES string of the molecule is CNCCCNC(=O)c1sc2nnccc2c1N. The zero-order valence-corrected chi connectivity index (χ0v) is 10.9. The van der Waals surface area contributed by atoms with E-state index in [2.05, 4.69) is 20.8 Å². The van der Waals surface area contributed by atoms with Crippen molar-refractivity contribution in [3.8, 4) is 0 Å². The van der Waals surface area contributed by atoms with Gasteiger partial charge in [-0.25, -0.2) is 0 Å². The van der Waals surface area contributed by atoms with Gasteiger partial charge < -0.3 is 16.4 Å². The normalized spacial score (nSPS) is 10.7. The zero-order chi connectivity index (χ0) is 13.0. The lowest BCUT2D eigenvalue weighted by atomic mass is 10.3. The summed E-state index contributed by atoms with van der Waals surface area (Å²) < 4.78 is 0. The van der Waals surface area contributed by atoms with Gasteiger partial charge in [0, 0.05) is 11.9 Å². The third kappa shape index (κ3) is 2.57. The molecule has 0 radical (unpaired) electrons. The molecule has 0 aromatic carbocycles. The van der Waals surface area contributed by atoms with Gasteiger partial charge in [0.2, 0.25) is 0 Å². The van der Waals surface area contributed by atoms with Crippen LogP contribution >= 0.6 is 11.3 Å². The zero-order valence-electron chi connectivity index (χ0n) is 10.1. The number of carbonyl (C=O) groups excluding carboxylic acids is 1. The molecule has 0 aliphatic carbocycles. The number of fused-ring (bicyclic) bond motifs is 1. The second-order valence-electron chi connectivity index (χ2n) is 3.81. The van der Waals surface area contributed by atoms with E-state index in [0.29, 0.717) is 21.9 Å². The van der Waals surface area contributed by atoms with Gasteiger partial charge in [0.05, 0.1) is 11.9 Å². The van der Waals surface area contributed by atoms with Gasteiger partial charge in [-0.1, -0.05) is 0 Å². The molecule has 0 aliphatic heterocycles. The summed E-state index contributed by atoms with van der Waals surface area (Å²) >= 11 is 1.27. The topological polar surface area (TPSA) is 92.9 Å². The van der Waals surface area contributed by atoms with E-state index in [-0.39, 0.29) is 5.91 Å². The number of aromatic nitrogens is 2. The molecule has 2 aromatic rings. The lowest BCUT2D eigenvalue weighted by molar-refractivity contribution is 0.0958. The lowest BCUT2D eigenvalue weighted by Crippen LogP contribution is -2.26. The molecular formula is C11H15N5OS. The first-order valence-electron chi connectivity index (χ1n) is 5.66. The quantitative estimate of drug-likeness (QED) is 0.689. The van der Waals surface area contributed by atoms with Crippen LogP contribution in [0.3, 0.4) is 0 Å². The van der Waals surface area contributed by atoms with Gasteiger partial charge in [0.15, 0.2) is 0 Å². The van der Waals surface area contributed by atoms with Crippen LogP contribution in [0.2, 0.25) is 0 Å². The van der Waals surface area contributed by atoms with Crippen molar-refractivity contribution in [1.82, 2.24) is 20.8 Å². The Kier molecular flexibility index (Phi) is 4.06. The van der Waals surface area contributed by atoms with Crippen LogP contribution in [0.15, 0.2) is 12.3 Å². The van der Waals surface area contributed by atoms with Crippen molar-refractivity contribution >= 4 is 33.1 Å². The van der Waals surface area contributed by atoms with Gasteiger partial charge in [-0.2, -0.15) is 5.10 Å².